The van der Waals surface area contributed by atoms with Gasteiger partial charge in [-0.3, -0.25) is 4.79 Å². The molecule has 0 spiro atoms. The van der Waals surface area contributed by atoms with Crippen molar-refractivity contribution in [2.45, 2.75) is 40.7 Å². The molecule has 0 saturated heterocycles. The van der Waals surface area contributed by atoms with E-state index in [1.54, 1.807) is 11.0 Å². The third-order valence-corrected chi connectivity index (χ3v) is 4.88. The number of hydrogen-bond acceptors (Lipinski definition) is 3. The van der Waals surface area contributed by atoms with Crippen molar-refractivity contribution in [3.63, 3.8) is 0 Å². The smallest absolute Gasteiger partial charge is 0.322 e. The molecule has 0 aliphatic heterocycles. The molecule has 1 N–H and O–H groups in total. The van der Waals surface area contributed by atoms with Gasteiger partial charge in [-0.1, -0.05) is 32.9 Å². The highest BCUT2D eigenvalue weighted by molar-refractivity contribution is 5.93. The van der Waals surface area contributed by atoms with Crippen LogP contribution in [0.3, 0.4) is 0 Å². The summed E-state index contributed by atoms with van der Waals surface area (Å²) < 4.78 is 7.62. The third kappa shape index (κ3) is 7.35. The third-order valence-electron chi connectivity index (χ3n) is 4.88. The first-order valence-electron chi connectivity index (χ1n) is 11.0. The zero-order chi connectivity index (χ0) is 22.8. The maximum atomic E-state index is 13.2. The second kappa shape index (κ2) is 12.0. The van der Waals surface area contributed by atoms with Gasteiger partial charge in [-0.05, 0) is 43.5 Å². The Labute approximate surface area is 186 Å². The van der Waals surface area contributed by atoms with Crippen molar-refractivity contribution in [1.29, 1.82) is 0 Å². The summed E-state index contributed by atoms with van der Waals surface area (Å²) in [7, 11) is 1.97. The Morgan fingerprint density at radius 2 is 1.84 bits per heavy atom. The molecule has 2 aromatic rings. The molecule has 170 valence electrons. The summed E-state index contributed by atoms with van der Waals surface area (Å²) in [4.78, 5) is 29.6. The number of rotatable bonds is 11. The van der Waals surface area contributed by atoms with E-state index in [1.165, 1.54) is 0 Å². The molecule has 0 atom stereocenters. The van der Waals surface area contributed by atoms with E-state index >= 15 is 0 Å². The Bertz CT molecular complexity index is 847. The number of hydrogen-bond donors (Lipinski definition) is 1. The molecule has 7 nitrogen and oxygen atoms in total. The molecule has 0 unspecified atom stereocenters. The minimum atomic E-state index is -0.300. The molecular weight excluding hydrogens is 392 g/mol. The summed E-state index contributed by atoms with van der Waals surface area (Å²) >= 11 is 0. The number of carbonyl (C=O) groups is 2. The Hall–Kier alpha value is -2.96. The maximum Gasteiger partial charge on any atom is 0.322 e. The maximum absolute atomic E-state index is 13.2. The van der Waals surface area contributed by atoms with E-state index in [4.69, 9.17) is 4.74 Å². The predicted molar refractivity (Wildman–Crippen MR) is 124 cm³/mol. The van der Waals surface area contributed by atoms with E-state index in [9.17, 15) is 9.59 Å². The van der Waals surface area contributed by atoms with Crippen molar-refractivity contribution in [3.05, 3.63) is 48.3 Å². The van der Waals surface area contributed by atoms with Gasteiger partial charge in [0, 0.05) is 32.0 Å². The number of ether oxygens (including phenoxy) is 1. The SMILES string of the molecule is CCCN(CC(=O)N(Cc1cccn1C)CC(C)C)C(=O)Nc1ccccc1OCC. The summed E-state index contributed by atoms with van der Waals surface area (Å²) in [5.41, 5.74) is 1.66. The fraction of sp³-hybridized carbons (Fsp3) is 0.500. The lowest BCUT2D eigenvalue weighted by Gasteiger charge is -2.29. The number of aryl methyl sites for hydroxylation is 1. The van der Waals surface area contributed by atoms with Gasteiger partial charge in [0.05, 0.1) is 18.8 Å². The fourth-order valence-corrected chi connectivity index (χ4v) is 3.38. The average Bonchev–Trinajstić information content (AvgIpc) is 3.13. The number of urea groups is 1. The van der Waals surface area contributed by atoms with E-state index in [-0.39, 0.29) is 18.5 Å². The molecular formula is C24H36N4O3. The van der Waals surface area contributed by atoms with Crippen LogP contribution in [0.2, 0.25) is 0 Å². The first-order valence-corrected chi connectivity index (χ1v) is 11.0. The molecule has 0 bridgehead atoms. The van der Waals surface area contributed by atoms with Crippen LogP contribution in [0.4, 0.5) is 10.5 Å². The Kier molecular flexibility index (Phi) is 9.43. The lowest BCUT2D eigenvalue weighted by Crippen LogP contribution is -2.45. The van der Waals surface area contributed by atoms with Crippen LogP contribution in [-0.2, 0) is 18.4 Å². The summed E-state index contributed by atoms with van der Waals surface area (Å²) in [6.07, 6.45) is 2.73. The summed E-state index contributed by atoms with van der Waals surface area (Å²) in [6, 6.07) is 11.0. The summed E-state index contributed by atoms with van der Waals surface area (Å²) in [5, 5.41) is 2.91. The lowest BCUT2D eigenvalue weighted by molar-refractivity contribution is -0.133. The van der Waals surface area contributed by atoms with Gasteiger partial charge in [0.2, 0.25) is 5.91 Å². The van der Waals surface area contributed by atoms with Crippen LogP contribution in [-0.4, -0.2) is 52.5 Å². The first-order chi connectivity index (χ1) is 14.8. The Morgan fingerprint density at radius 3 is 2.45 bits per heavy atom. The number of amides is 3. The van der Waals surface area contributed by atoms with Crippen molar-refractivity contribution in [2.75, 3.05) is 31.6 Å². The van der Waals surface area contributed by atoms with Crippen molar-refractivity contribution < 1.29 is 14.3 Å². The van der Waals surface area contributed by atoms with Crippen LogP contribution in [0.1, 0.15) is 39.8 Å². The molecule has 0 radical (unpaired) electrons. The number of para-hydroxylation sites is 2. The summed E-state index contributed by atoms with van der Waals surface area (Å²) in [6.45, 7) is 10.3. The van der Waals surface area contributed by atoms with E-state index in [0.29, 0.717) is 43.6 Å². The highest BCUT2D eigenvalue weighted by Gasteiger charge is 2.23. The lowest BCUT2D eigenvalue weighted by atomic mass is 10.2. The molecule has 0 aliphatic carbocycles. The first kappa shape index (κ1) is 24.3. The van der Waals surface area contributed by atoms with Crippen LogP contribution in [0.5, 0.6) is 5.75 Å². The number of carbonyl (C=O) groups excluding carboxylic acids is 2. The van der Waals surface area contributed by atoms with Crippen LogP contribution in [0.15, 0.2) is 42.6 Å². The number of benzene rings is 1. The Morgan fingerprint density at radius 1 is 1.10 bits per heavy atom. The van der Waals surface area contributed by atoms with Gasteiger partial charge in [-0.15, -0.1) is 0 Å². The zero-order valence-electron chi connectivity index (χ0n) is 19.4. The largest absolute Gasteiger partial charge is 0.492 e. The van der Waals surface area contributed by atoms with E-state index in [0.717, 1.165) is 12.1 Å². The van der Waals surface area contributed by atoms with E-state index in [2.05, 4.69) is 19.2 Å². The van der Waals surface area contributed by atoms with Gasteiger partial charge in [-0.2, -0.15) is 0 Å². The predicted octanol–water partition coefficient (Wildman–Crippen LogP) is 4.35. The highest BCUT2D eigenvalue weighted by Crippen LogP contribution is 2.24. The van der Waals surface area contributed by atoms with E-state index in [1.807, 2.05) is 66.9 Å². The van der Waals surface area contributed by atoms with Crippen LogP contribution < -0.4 is 10.1 Å². The molecule has 1 heterocycles. The monoisotopic (exact) mass is 428 g/mol. The number of anilines is 1. The van der Waals surface area contributed by atoms with Crippen molar-refractivity contribution in [1.82, 2.24) is 14.4 Å². The normalized spacial score (nSPS) is 10.8. The van der Waals surface area contributed by atoms with E-state index < -0.39 is 0 Å². The minimum Gasteiger partial charge on any atom is -0.492 e. The highest BCUT2D eigenvalue weighted by atomic mass is 16.5. The second-order valence-corrected chi connectivity index (χ2v) is 8.06. The van der Waals surface area contributed by atoms with Crippen molar-refractivity contribution in [2.24, 2.45) is 13.0 Å². The van der Waals surface area contributed by atoms with Crippen molar-refractivity contribution >= 4 is 17.6 Å². The average molecular weight is 429 g/mol. The molecule has 0 saturated carbocycles. The van der Waals surface area contributed by atoms with Crippen LogP contribution >= 0.6 is 0 Å². The molecule has 3 amide bonds. The number of nitrogens with zero attached hydrogens (tertiary/aromatic N) is 3. The van der Waals surface area contributed by atoms with Crippen LogP contribution in [0.25, 0.3) is 0 Å². The second-order valence-electron chi connectivity index (χ2n) is 8.06. The quantitative estimate of drug-likeness (QED) is 0.578. The topological polar surface area (TPSA) is 66.8 Å². The van der Waals surface area contributed by atoms with Crippen molar-refractivity contribution in [3.8, 4) is 5.75 Å². The Balaban J connectivity index is 2.12. The fourth-order valence-electron chi connectivity index (χ4n) is 3.38. The minimum absolute atomic E-state index is 0.0353. The molecule has 1 aromatic heterocycles. The van der Waals surface area contributed by atoms with Gasteiger partial charge in [0.1, 0.15) is 12.3 Å². The standard InChI is InChI=1S/C24H36N4O3/c1-6-14-27(24(30)25-21-12-8-9-13-22(21)31-7-2)18-23(29)28(16-19(3)4)17-20-11-10-15-26(20)5/h8-13,15,19H,6-7,14,16-18H2,1-5H3,(H,25,30). The van der Waals surface area contributed by atoms with Gasteiger partial charge < -0.3 is 24.4 Å². The van der Waals surface area contributed by atoms with Gasteiger partial charge in [0.25, 0.3) is 0 Å². The summed E-state index contributed by atoms with van der Waals surface area (Å²) in [5.74, 6) is 0.888. The molecule has 0 fully saturated rings. The van der Waals surface area contributed by atoms with Gasteiger partial charge in [0.15, 0.2) is 0 Å². The van der Waals surface area contributed by atoms with Gasteiger partial charge in [-0.25, -0.2) is 4.79 Å². The molecule has 1 aromatic carbocycles. The number of nitrogens with one attached hydrogen (secondary N) is 1. The molecule has 31 heavy (non-hydrogen) atoms. The van der Waals surface area contributed by atoms with Crippen LogP contribution in [0, 0.1) is 5.92 Å². The molecule has 7 heteroatoms. The molecule has 0 aliphatic rings. The zero-order valence-corrected chi connectivity index (χ0v) is 19.4. The number of aromatic nitrogens is 1. The van der Waals surface area contributed by atoms with Gasteiger partial charge >= 0.3 is 6.03 Å². The molecule has 2 rings (SSSR count).